The number of aryl methyl sites for hydroxylation is 2. The fourth-order valence-corrected chi connectivity index (χ4v) is 1.69. The molecule has 1 heterocycles. The van der Waals surface area contributed by atoms with Gasteiger partial charge in [-0.1, -0.05) is 13.8 Å². The molecule has 0 aliphatic heterocycles. The summed E-state index contributed by atoms with van der Waals surface area (Å²) in [6.45, 7) is 10.1. The Bertz CT molecular complexity index is 342. The Morgan fingerprint density at radius 3 is 2.40 bits per heavy atom. The van der Waals surface area contributed by atoms with Gasteiger partial charge in [-0.05, 0) is 48.2 Å². The minimum Gasteiger partial charge on any atom is -0.330 e. The maximum absolute atomic E-state index is 5.70. The molecule has 1 aromatic heterocycles. The van der Waals surface area contributed by atoms with E-state index in [1.54, 1.807) is 0 Å². The summed E-state index contributed by atoms with van der Waals surface area (Å²) in [5.74, 6) is 0. The number of nitrogens with zero attached hydrogens (tertiary/aromatic N) is 2. The van der Waals surface area contributed by atoms with Gasteiger partial charge in [-0.2, -0.15) is 5.10 Å². The maximum atomic E-state index is 5.70. The average molecular weight is 274 g/mol. The van der Waals surface area contributed by atoms with Crippen molar-refractivity contribution < 1.29 is 0 Å². The van der Waals surface area contributed by atoms with E-state index in [0.29, 0.717) is 6.54 Å². The van der Waals surface area contributed by atoms with Gasteiger partial charge in [-0.25, -0.2) is 0 Å². The highest BCUT2D eigenvalue weighted by Gasteiger charge is 2.17. The van der Waals surface area contributed by atoms with E-state index in [1.807, 2.05) is 6.92 Å². The van der Waals surface area contributed by atoms with Crippen LogP contribution in [0.3, 0.4) is 0 Å². The number of hydrogen-bond acceptors (Lipinski definition) is 2. The Morgan fingerprint density at radius 2 is 2.00 bits per heavy atom. The Labute approximate surface area is 100 Å². The van der Waals surface area contributed by atoms with E-state index in [-0.39, 0.29) is 5.41 Å². The molecule has 4 heteroatoms. The minimum atomic E-state index is 0.193. The standard InChI is InChI=1S/C11H20BrN3/c1-8-10(12)9(2)15(14-8)6-5-11(3,4)7-13/h5-7,13H2,1-4H3. The fraction of sp³-hybridized carbons (Fsp3) is 0.727. The number of rotatable bonds is 4. The zero-order valence-corrected chi connectivity index (χ0v) is 11.6. The van der Waals surface area contributed by atoms with Crippen molar-refractivity contribution in [3.05, 3.63) is 15.9 Å². The molecule has 0 atom stereocenters. The smallest absolute Gasteiger partial charge is 0.0738 e. The zero-order chi connectivity index (χ0) is 11.6. The summed E-state index contributed by atoms with van der Waals surface area (Å²) in [6, 6.07) is 0. The van der Waals surface area contributed by atoms with Crippen LogP contribution in [0.4, 0.5) is 0 Å². The summed E-state index contributed by atoms with van der Waals surface area (Å²) in [7, 11) is 0. The summed E-state index contributed by atoms with van der Waals surface area (Å²) < 4.78 is 3.17. The largest absolute Gasteiger partial charge is 0.330 e. The van der Waals surface area contributed by atoms with Gasteiger partial charge in [0.15, 0.2) is 0 Å². The molecule has 0 saturated carbocycles. The van der Waals surface area contributed by atoms with E-state index in [4.69, 9.17) is 5.73 Å². The molecule has 0 saturated heterocycles. The van der Waals surface area contributed by atoms with Crippen LogP contribution in [0.15, 0.2) is 4.47 Å². The fourth-order valence-electron chi connectivity index (χ4n) is 1.40. The molecule has 0 amide bonds. The number of hydrogen-bond donors (Lipinski definition) is 1. The monoisotopic (exact) mass is 273 g/mol. The Hall–Kier alpha value is -0.350. The lowest BCUT2D eigenvalue weighted by Gasteiger charge is -2.22. The van der Waals surface area contributed by atoms with Crippen molar-refractivity contribution in [1.29, 1.82) is 0 Å². The lowest BCUT2D eigenvalue weighted by Crippen LogP contribution is -2.25. The summed E-state index contributed by atoms with van der Waals surface area (Å²) in [4.78, 5) is 0. The van der Waals surface area contributed by atoms with Crippen LogP contribution in [0.25, 0.3) is 0 Å². The molecule has 2 N–H and O–H groups in total. The molecule has 0 unspecified atom stereocenters. The molecule has 3 nitrogen and oxygen atoms in total. The molecule has 0 radical (unpaired) electrons. The summed E-state index contributed by atoms with van der Waals surface area (Å²) >= 11 is 3.53. The summed E-state index contributed by atoms with van der Waals surface area (Å²) in [6.07, 6.45) is 1.05. The van der Waals surface area contributed by atoms with E-state index < -0.39 is 0 Å². The van der Waals surface area contributed by atoms with Crippen molar-refractivity contribution in [3.8, 4) is 0 Å². The first-order chi connectivity index (χ1) is 6.87. The Morgan fingerprint density at radius 1 is 1.40 bits per heavy atom. The van der Waals surface area contributed by atoms with Crippen LogP contribution in [0.2, 0.25) is 0 Å². The second-order valence-corrected chi connectivity index (χ2v) is 5.62. The van der Waals surface area contributed by atoms with Gasteiger partial charge in [0.05, 0.1) is 10.2 Å². The normalized spacial score (nSPS) is 12.1. The molecule has 1 aromatic rings. The highest BCUT2D eigenvalue weighted by atomic mass is 79.9. The summed E-state index contributed by atoms with van der Waals surface area (Å²) in [5.41, 5.74) is 8.15. The van der Waals surface area contributed by atoms with Crippen molar-refractivity contribution in [2.24, 2.45) is 11.1 Å². The quantitative estimate of drug-likeness (QED) is 0.917. The Kier molecular flexibility index (Phi) is 3.95. The van der Waals surface area contributed by atoms with Crippen molar-refractivity contribution in [2.75, 3.05) is 6.54 Å². The van der Waals surface area contributed by atoms with Gasteiger partial charge in [0.25, 0.3) is 0 Å². The third-order valence-electron chi connectivity index (χ3n) is 2.85. The Balaban J connectivity index is 2.70. The van der Waals surface area contributed by atoms with Crippen LogP contribution in [-0.2, 0) is 6.54 Å². The van der Waals surface area contributed by atoms with Crippen LogP contribution < -0.4 is 5.73 Å². The molecule has 86 valence electrons. The predicted octanol–water partition coefficient (Wildman–Crippen LogP) is 2.64. The molecule has 0 spiro atoms. The third-order valence-corrected chi connectivity index (χ3v) is 3.99. The van der Waals surface area contributed by atoms with E-state index in [9.17, 15) is 0 Å². The first-order valence-electron chi connectivity index (χ1n) is 5.27. The highest BCUT2D eigenvalue weighted by Crippen LogP contribution is 2.23. The lowest BCUT2D eigenvalue weighted by atomic mass is 9.90. The molecule has 0 aliphatic rings. The molecular formula is C11H20BrN3. The molecule has 0 bridgehead atoms. The van der Waals surface area contributed by atoms with Crippen LogP contribution in [0.5, 0.6) is 0 Å². The van der Waals surface area contributed by atoms with E-state index >= 15 is 0 Å². The zero-order valence-electron chi connectivity index (χ0n) is 9.97. The van der Waals surface area contributed by atoms with Gasteiger partial charge >= 0.3 is 0 Å². The van der Waals surface area contributed by atoms with Crippen LogP contribution in [0.1, 0.15) is 31.7 Å². The van der Waals surface area contributed by atoms with Gasteiger partial charge in [0, 0.05) is 12.2 Å². The van der Waals surface area contributed by atoms with Gasteiger partial charge in [0.2, 0.25) is 0 Å². The van der Waals surface area contributed by atoms with Gasteiger partial charge in [0.1, 0.15) is 0 Å². The van der Waals surface area contributed by atoms with Gasteiger partial charge in [-0.3, -0.25) is 4.68 Å². The molecular weight excluding hydrogens is 254 g/mol. The molecule has 0 aromatic carbocycles. The summed E-state index contributed by atoms with van der Waals surface area (Å²) in [5, 5.41) is 4.48. The van der Waals surface area contributed by atoms with Crippen LogP contribution in [0, 0.1) is 19.3 Å². The highest BCUT2D eigenvalue weighted by molar-refractivity contribution is 9.10. The number of halogens is 1. The molecule has 0 fully saturated rings. The topological polar surface area (TPSA) is 43.8 Å². The van der Waals surface area contributed by atoms with Crippen LogP contribution in [-0.4, -0.2) is 16.3 Å². The third kappa shape index (κ3) is 3.05. The van der Waals surface area contributed by atoms with Gasteiger partial charge in [-0.15, -0.1) is 0 Å². The van der Waals surface area contributed by atoms with Crippen molar-refractivity contribution in [3.63, 3.8) is 0 Å². The van der Waals surface area contributed by atoms with Crippen molar-refractivity contribution >= 4 is 15.9 Å². The second kappa shape index (κ2) is 4.66. The van der Waals surface area contributed by atoms with Gasteiger partial charge < -0.3 is 5.73 Å². The first-order valence-corrected chi connectivity index (χ1v) is 6.06. The van der Waals surface area contributed by atoms with E-state index in [1.165, 1.54) is 5.69 Å². The molecule has 1 rings (SSSR count). The molecule has 0 aliphatic carbocycles. The average Bonchev–Trinajstić information content (AvgIpc) is 2.43. The maximum Gasteiger partial charge on any atom is 0.0738 e. The molecule has 15 heavy (non-hydrogen) atoms. The minimum absolute atomic E-state index is 0.193. The van der Waals surface area contributed by atoms with Crippen molar-refractivity contribution in [2.45, 2.75) is 40.7 Å². The number of aromatic nitrogens is 2. The number of nitrogens with two attached hydrogens (primary N) is 1. The van der Waals surface area contributed by atoms with E-state index in [0.717, 1.165) is 23.1 Å². The SMILES string of the molecule is Cc1nn(CCC(C)(C)CN)c(C)c1Br. The lowest BCUT2D eigenvalue weighted by molar-refractivity contribution is 0.315. The second-order valence-electron chi connectivity index (χ2n) is 4.83. The van der Waals surface area contributed by atoms with Crippen LogP contribution >= 0.6 is 15.9 Å². The first kappa shape index (κ1) is 12.7. The van der Waals surface area contributed by atoms with Crippen molar-refractivity contribution in [1.82, 2.24) is 9.78 Å². The van der Waals surface area contributed by atoms with E-state index in [2.05, 4.69) is 46.5 Å². The predicted molar refractivity (Wildman–Crippen MR) is 66.9 cm³/mol.